The van der Waals surface area contributed by atoms with Gasteiger partial charge in [0.15, 0.2) is 0 Å². The van der Waals surface area contributed by atoms with Crippen LogP contribution in [0.3, 0.4) is 0 Å². The smallest absolute Gasteiger partial charge is 0.253 e. The van der Waals surface area contributed by atoms with E-state index in [4.69, 9.17) is 0 Å². The fraction of sp³-hybridized carbons (Fsp3) is 0.667. The number of hydrogen-bond acceptors (Lipinski definition) is 4. The topological polar surface area (TPSA) is 66.5 Å². The lowest BCUT2D eigenvalue weighted by Gasteiger charge is -2.31. The lowest BCUT2D eigenvalue weighted by molar-refractivity contribution is -0.138. The molecule has 1 heterocycles. The average molecular weight is 310 g/mol. The molecule has 116 valence electrons. The zero-order valence-corrected chi connectivity index (χ0v) is 13.4. The zero-order valence-electron chi connectivity index (χ0n) is 12.5. The van der Waals surface area contributed by atoms with E-state index in [1.54, 1.807) is 0 Å². The van der Waals surface area contributed by atoms with Gasteiger partial charge in [0.25, 0.3) is 11.8 Å². The summed E-state index contributed by atoms with van der Waals surface area (Å²) in [7, 11) is 0. The molecule has 3 amide bonds. The highest BCUT2D eigenvalue weighted by Gasteiger charge is 2.32. The van der Waals surface area contributed by atoms with Gasteiger partial charge in [-0.3, -0.25) is 19.3 Å². The Hall–Kier alpha value is -1.30. The van der Waals surface area contributed by atoms with Gasteiger partial charge in [-0.2, -0.15) is 12.6 Å². The first-order valence-corrected chi connectivity index (χ1v) is 7.79. The van der Waals surface area contributed by atoms with Gasteiger partial charge in [-0.05, 0) is 45.4 Å². The Bertz CT molecular complexity index is 456. The highest BCUT2D eigenvalue weighted by atomic mass is 32.1. The molecule has 21 heavy (non-hydrogen) atoms. The predicted molar refractivity (Wildman–Crippen MR) is 82.5 cm³/mol. The van der Waals surface area contributed by atoms with Crippen molar-refractivity contribution in [2.45, 2.75) is 44.4 Å². The first kappa shape index (κ1) is 16.1. The second-order valence-electron chi connectivity index (χ2n) is 6.39. The minimum atomic E-state index is -0.506. The fourth-order valence-corrected chi connectivity index (χ4v) is 2.99. The Labute approximate surface area is 130 Å². The molecule has 0 aromatic rings. The molecule has 0 aromatic carbocycles. The van der Waals surface area contributed by atoms with Crippen molar-refractivity contribution in [2.24, 2.45) is 11.8 Å². The SMILES string of the molecule is CC(C)(S)NC(=O)C1CCC(CN2C(=O)C=CC2=O)CC1. The van der Waals surface area contributed by atoms with Crippen LogP contribution in [-0.2, 0) is 14.4 Å². The maximum absolute atomic E-state index is 12.1. The maximum atomic E-state index is 12.1. The van der Waals surface area contributed by atoms with Crippen molar-refractivity contribution in [3.63, 3.8) is 0 Å². The van der Waals surface area contributed by atoms with Crippen LogP contribution in [0.25, 0.3) is 0 Å². The van der Waals surface area contributed by atoms with Gasteiger partial charge in [-0.25, -0.2) is 0 Å². The maximum Gasteiger partial charge on any atom is 0.253 e. The van der Waals surface area contributed by atoms with Crippen molar-refractivity contribution in [1.82, 2.24) is 10.2 Å². The summed E-state index contributed by atoms with van der Waals surface area (Å²) in [5.41, 5.74) is 0. The average Bonchev–Trinajstić information content (AvgIpc) is 2.69. The van der Waals surface area contributed by atoms with E-state index in [0.717, 1.165) is 25.7 Å². The fourth-order valence-electron chi connectivity index (χ4n) is 2.88. The van der Waals surface area contributed by atoms with Gasteiger partial charge in [0.2, 0.25) is 5.91 Å². The number of carbonyl (C=O) groups excluding carboxylic acids is 3. The second kappa shape index (κ2) is 6.22. The normalized spacial score (nSPS) is 26.3. The minimum absolute atomic E-state index is 0.00998. The molecule has 1 saturated carbocycles. The molecule has 0 radical (unpaired) electrons. The third-order valence-electron chi connectivity index (χ3n) is 3.99. The van der Waals surface area contributed by atoms with E-state index in [1.807, 2.05) is 13.8 Å². The van der Waals surface area contributed by atoms with Crippen LogP contribution in [0.15, 0.2) is 12.2 Å². The molecule has 0 aromatic heterocycles. The number of amides is 3. The highest BCUT2D eigenvalue weighted by molar-refractivity contribution is 7.81. The zero-order chi connectivity index (χ0) is 15.6. The number of carbonyl (C=O) groups is 3. The summed E-state index contributed by atoms with van der Waals surface area (Å²) >= 11 is 4.31. The van der Waals surface area contributed by atoms with Gasteiger partial charge >= 0.3 is 0 Å². The lowest BCUT2D eigenvalue weighted by Crippen LogP contribution is -2.44. The first-order valence-electron chi connectivity index (χ1n) is 7.34. The van der Waals surface area contributed by atoms with Crippen molar-refractivity contribution in [2.75, 3.05) is 6.54 Å². The Morgan fingerprint density at radius 3 is 2.24 bits per heavy atom. The Balaban J connectivity index is 1.80. The van der Waals surface area contributed by atoms with Crippen LogP contribution in [-0.4, -0.2) is 34.0 Å². The molecule has 0 unspecified atom stereocenters. The summed E-state index contributed by atoms with van der Waals surface area (Å²) in [5.74, 6) is -0.0986. The van der Waals surface area contributed by atoms with E-state index in [2.05, 4.69) is 17.9 Å². The summed E-state index contributed by atoms with van der Waals surface area (Å²) in [6.45, 7) is 4.16. The van der Waals surface area contributed by atoms with E-state index in [-0.39, 0.29) is 23.6 Å². The molecule has 1 fully saturated rings. The molecule has 6 heteroatoms. The number of thiol groups is 1. The predicted octanol–water partition coefficient (Wildman–Crippen LogP) is 1.50. The second-order valence-corrected chi connectivity index (χ2v) is 7.50. The third-order valence-corrected chi connectivity index (χ3v) is 4.10. The Kier molecular flexibility index (Phi) is 4.76. The number of nitrogens with one attached hydrogen (secondary N) is 1. The van der Waals surface area contributed by atoms with Crippen molar-refractivity contribution in [3.05, 3.63) is 12.2 Å². The quantitative estimate of drug-likeness (QED) is 0.470. The van der Waals surface area contributed by atoms with Crippen molar-refractivity contribution in [1.29, 1.82) is 0 Å². The minimum Gasteiger partial charge on any atom is -0.342 e. The van der Waals surface area contributed by atoms with Crippen molar-refractivity contribution >= 4 is 30.4 Å². The summed E-state index contributed by atoms with van der Waals surface area (Å²) in [6, 6.07) is 0. The van der Waals surface area contributed by atoms with E-state index >= 15 is 0 Å². The molecule has 0 spiro atoms. The van der Waals surface area contributed by atoms with E-state index in [1.165, 1.54) is 17.1 Å². The summed E-state index contributed by atoms with van der Waals surface area (Å²) in [5, 5.41) is 2.89. The van der Waals surface area contributed by atoms with Gasteiger partial charge in [-0.15, -0.1) is 0 Å². The van der Waals surface area contributed by atoms with Gasteiger partial charge in [0, 0.05) is 24.6 Å². The van der Waals surface area contributed by atoms with Gasteiger partial charge in [-0.1, -0.05) is 0 Å². The monoisotopic (exact) mass is 310 g/mol. The molecule has 1 aliphatic carbocycles. The van der Waals surface area contributed by atoms with E-state index in [9.17, 15) is 14.4 Å². The molecule has 2 rings (SSSR count). The van der Waals surface area contributed by atoms with Crippen LogP contribution < -0.4 is 5.32 Å². The van der Waals surface area contributed by atoms with Crippen LogP contribution in [0.4, 0.5) is 0 Å². The largest absolute Gasteiger partial charge is 0.342 e. The number of imide groups is 1. The molecule has 1 aliphatic heterocycles. The van der Waals surface area contributed by atoms with Crippen LogP contribution in [0.2, 0.25) is 0 Å². The molecular weight excluding hydrogens is 288 g/mol. The number of nitrogens with zero attached hydrogens (tertiary/aromatic N) is 1. The van der Waals surface area contributed by atoms with E-state index < -0.39 is 4.87 Å². The standard InChI is InChI=1S/C15H22N2O3S/c1-15(2,21)16-14(20)11-5-3-10(4-6-11)9-17-12(18)7-8-13(17)19/h7-8,10-11,21H,3-6,9H2,1-2H3,(H,16,20). The number of hydrogen-bond donors (Lipinski definition) is 2. The van der Waals surface area contributed by atoms with Crippen LogP contribution in [0.1, 0.15) is 39.5 Å². The van der Waals surface area contributed by atoms with Crippen LogP contribution in [0, 0.1) is 11.8 Å². The molecular formula is C15H22N2O3S. The summed E-state index contributed by atoms with van der Waals surface area (Å²) in [6.07, 6.45) is 5.95. The van der Waals surface area contributed by atoms with Crippen LogP contribution in [0.5, 0.6) is 0 Å². The summed E-state index contributed by atoms with van der Waals surface area (Å²) < 4.78 is 0. The van der Waals surface area contributed by atoms with Gasteiger partial charge in [0.05, 0.1) is 4.87 Å². The number of rotatable bonds is 4. The Morgan fingerprint density at radius 1 is 1.24 bits per heavy atom. The van der Waals surface area contributed by atoms with Gasteiger partial charge < -0.3 is 5.32 Å². The van der Waals surface area contributed by atoms with Crippen molar-refractivity contribution in [3.8, 4) is 0 Å². The molecule has 2 aliphatic rings. The van der Waals surface area contributed by atoms with Crippen LogP contribution >= 0.6 is 12.6 Å². The summed E-state index contributed by atoms with van der Waals surface area (Å²) in [4.78, 5) is 35.9. The molecule has 0 saturated heterocycles. The van der Waals surface area contributed by atoms with Gasteiger partial charge in [0.1, 0.15) is 0 Å². The Morgan fingerprint density at radius 2 is 1.76 bits per heavy atom. The van der Waals surface area contributed by atoms with Crippen molar-refractivity contribution < 1.29 is 14.4 Å². The highest BCUT2D eigenvalue weighted by Crippen LogP contribution is 2.30. The van der Waals surface area contributed by atoms with E-state index in [0.29, 0.717) is 12.5 Å². The molecule has 0 bridgehead atoms. The molecule has 0 atom stereocenters. The lowest BCUT2D eigenvalue weighted by atomic mass is 9.81. The first-order chi connectivity index (χ1) is 9.76. The molecule has 5 nitrogen and oxygen atoms in total. The molecule has 1 N–H and O–H groups in total. The third kappa shape index (κ3) is 4.33.